The van der Waals surface area contributed by atoms with Crippen LogP contribution in [0.5, 0.6) is 5.75 Å². The SMILES string of the molecule is Cc1ccc(NC(=O)C(=O)NCC2(O)CCOc3ccccc32)cc1. The number of ether oxygens (including phenoxy) is 1. The molecular formula is C19H20N2O4. The van der Waals surface area contributed by atoms with E-state index in [4.69, 9.17) is 4.74 Å². The second-order valence-electron chi connectivity index (χ2n) is 6.13. The molecule has 0 spiro atoms. The van der Waals surface area contributed by atoms with Gasteiger partial charge in [0.05, 0.1) is 13.2 Å². The lowest BCUT2D eigenvalue weighted by molar-refractivity contribution is -0.137. The van der Waals surface area contributed by atoms with Crippen LogP contribution in [-0.2, 0) is 15.2 Å². The summed E-state index contributed by atoms with van der Waals surface area (Å²) < 4.78 is 5.51. The van der Waals surface area contributed by atoms with E-state index in [1.54, 1.807) is 30.3 Å². The first-order chi connectivity index (χ1) is 12.0. The zero-order chi connectivity index (χ0) is 17.9. The zero-order valence-corrected chi connectivity index (χ0v) is 13.9. The highest BCUT2D eigenvalue weighted by Gasteiger charge is 2.36. The first-order valence-corrected chi connectivity index (χ1v) is 8.08. The van der Waals surface area contributed by atoms with Gasteiger partial charge in [0.2, 0.25) is 0 Å². The molecule has 2 aromatic rings. The van der Waals surface area contributed by atoms with Crippen molar-refractivity contribution >= 4 is 17.5 Å². The highest BCUT2D eigenvalue weighted by molar-refractivity contribution is 6.39. The Labute approximate surface area is 145 Å². The van der Waals surface area contributed by atoms with Crippen LogP contribution < -0.4 is 15.4 Å². The summed E-state index contributed by atoms with van der Waals surface area (Å²) in [6, 6.07) is 14.3. The number of hydrogen-bond donors (Lipinski definition) is 3. The maximum Gasteiger partial charge on any atom is 0.313 e. The fourth-order valence-electron chi connectivity index (χ4n) is 2.76. The number of nitrogens with one attached hydrogen (secondary N) is 2. The zero-order valence-electron chi connectivity index (χ0n) is 13.9. The van der Waals surface area contributed by atoms with Crippen LogP contribution in [0, 0.1) is 6.92 Å². The first kappa shape index (κ1) is 17.0. The number of benzene rings is 2. The summed E-state index contributed by atoms with van der Waals surface area (Å²) in [5.41, 5.74) is 0.957. The number of aliphatic hydroxyl groups is 1. The molecule has 6 nitrogen and oxygen atoms in total. The first-order valence-electron chi connectivity index (χ1n) is 8.08. The van der Waals surface area contributed by atoms with Gasteiger partial charge in [-0.2, -0.15) is 0 Å². The quantitative estimate of drug-likeness (QED) is 0.743. The highest BCUT2D eigenvalue weighted by atomic mass is 16.5. The molecule has 2 amide bonds. The molecule has 3 rings (SSSR count). The van der Waals surface area contributed by atoms with E-state index in [9.17, 15) is 14.7 Å². The summed E-state index contributed by atoms with van der Waals surface area (Å²) in [6.45, 7) is 2.22. The molecule has 0 aliphatic carbocycles. The maximum atomic E-state index is 12.0. The minimum absolute atomic E-state index is 0.0620. The van der Waals surface area contributed by atoms with E-state index >= 15 is 0 Å². The van der Waals surface area contributed by atoms with Gasteiger partial charge in [-0.1, -0.05) is 35.9 Å². The van der Waals surface area contributed by atoms with Crippen molar-refractivity contribution in [3.63, 3.8) is 0 Å². The molecule has 1 unspecified atom stereocenters. The summed E-state index contributed by atoms with van der Waals surface area (Å²) in [5, 5.41) is 15.9. The normalized spacial score (nSPS) is 18.6. The lowest BCUT2D eigenvalue weighted by atomic mass is 9.88. The molecular weight excluding hydrogens is 320 g/mol. The highest BCUT2D eigenvalue weighted by Crippen LogP contribution is 2.36. The lowest BCUT2D eigenvalue weighted by Crippen LogP contribution is -2.46. The number of hydrogen-bond acceptors (Lipinski definition) is 4. The molecule has 2 aromatic carbocycles. The molecule has 0 saturated carbocycles. The lowest BCUT2D eigenvalue weighted by Gasteiger charge is -2.34. The molecule has 1 aliphatic heterocycles. The van der Waals surface area contributed by atoms with Crippen molar-refractivity contribution in [2.24, 2.45) is 0 Å². The number of amides is 2. The third-order valence-corrected chi connectivity index (χ3v) is 4.22. The Morgan fingerprint density at radius 2 is 1.84 bits per heavy atom. The van der Waals surface area contributed by atoms with Gasteiger partial charge in [-0.25, -0.2) is 0 Å². The van der Waals surface area contributed by atoms with E-state index < -0.39 is 17.4 Å². The monoisotopic (exact) mass is 340 g/mol. The van der Waals surface area contributed by atoms with Crippen LogP contribution in [0.25, 0.3) is 0 Å². The molecule has 1 aliphatic rings. The molecule has 0 saturated heterocycles. The van der Waals surface area contributed by atoms with Crippen molar-refractivity contribution in [3.05, 3.63) is 59.7 Å². The predicted octanol–water partition coefficient (Wildman–Crippen LogP) is 1.72. The molecule has 6 heteroatoms. The van der Waals surface area contributed by atoms with E-state index in [-0.39, 0.29) is 6.54 Å². The topological polar surface area (TPSA) is 87.7 Å². The van der Waals surface area contributed by atoms with E-state index in [0.717, 1.165) is 5.56 Å². The van der Waals surface area contributed by atoms with Crippen LogP contribution in [0.3, 0.4) is 0 Å². The van der Waals surface area contributed by atoms with Gasteiger partial charge < -0.3 is 20.5 Å². The van der Waals surface area contributed by atoms with E-state index in [1.807, 2.05) is 25.1 Å². The van der Waals surface area contributed by atoms with Gasteiger partial charge >= 0.3 is 11.8 Å². The van der Waals surface area contributed by atoms with Crippen LogP contribution >= 0.6 is 0 Å². The molecule has 3 N–H and O–H groups in total. The third kappa shape index (κ3) is 3.80. The minimum Gasteiger partial charge on any atom is -0.493 e. The Morgan fingerprint density at radius 1 is 1.12 bits per heavy atom. The second kappa shape index (κ2) is 6.94. The third-order valence-electron chi connectivity index (χ3n) is 4.22. The molecule has 130 valence electrons. The molecule has 25 heavy (non-hydrogen) atoms. The Hall–Kier alpha value is -2.86. The summed E-state index contributed by atoms with van der Waals surface area (Å²) in [6.07, 6.45) is 0.337. The average Bonchev–Trinajstić information content (AvgIpc) is 2.62. The molecule has 1 heterocycles. The van der Waals surface area contributed by atoms with Crippen molar-refractivity contribution in [2.75, 3.05) is 18.5 Å². The number of rotatable bonds is 3. The predicted molar refractivity (Wildman–Crippen MR) is 93.3 cm³/mol. The van der Waals surface area contributed by atoms with Gasteiger partial charge in [0.25, 0.3) is 0 Å². The Kier molecular flexibility index (Phi) is 4.72. The number of carbonyl (C=O) groups excluding carboxylic acids is 2. The Balaban J connectivity index is 1.62. The van der Waals surface area contributed by atoms with Crippen molar-refractivity contribution in [2.45, 2.75) is 18.9 Å². The summed E-state index contributed by atoms with van der Waals surface area (Å²) in [7, 11) is 0. The fourth-order valence-corrected chi connectivity index (χ4v) is 2.76. The van der Waals surface area contributed by atoms with E-state index in [2.05, 4.69) is 10.6 Å². The largest absolute Gasteiger partial charge is 0.493 e. The molecule has 1 atom stereocenters. The van der Waals surface area contributed by atoms with Crippen molar-refractivity contribution < 1.29 is 19.4 Å². The minimum atomic E-state index is -1.26. The summed E-state index contributed by atoms with van der Waals surface area (Å²) in [5.74, 6) is -0.972. The van der Waals surface area contributed by atoms with Crippen LogP contribution in [0.4, 0.5) is 5.69 Å². The van der Waals surface area contributed by atoms with Crippen molar-refractivity contribution in [3.8, 4) is 5.75 Å². The van der Waals surface area contributed by atoms with Crippen molar-refractivity contribution in [1.29, 1.82) is 0 Å². The van der Waals surface area contributed by atoms with Crippen LogP contribution in [0.2, 0.25) is 0 Å². The van der Waals surface area contributed by atoms with Crippen molar-refractivity contribution in [1.82, 2.24) is 5.32 Å². The van der Waals surface area contributed by atoms with Gasteiger partial charge in [-0.15, -0.1) is 0 Å². The van der Waals surface area contributed by atoms with Gasteiger partial charge in [-0.05, 0) is 25.1 Å². The standard InChI is InChI=1S/C19H20N2O4/c1-13-6-8-14(9-7-13)21-18(23)17(22)20-12-19(24)10-11-25-16-5-3-2-4-15(16)19/h2-9,24H,10-12H2,1H3,(H,20,22)(H,21,23). The van der Waals surface area contributed by atoms with Gasteiger partial charge in [0.15, 0.2) is 0 Å². The van der Waals surface area contributed by atoms with Crippen LogP contribution in [0.1, 0.15) is 17.5 Å². The van der Waals surface area contributed by atoms with Gasteiger partial charge in [0.1, 0.15) is 11.4 Å². The Bertz CT molecular complexity index is 788. The van der Waals surface area contributed by atoms with Crippen LogP contribution in [-0.4, -0.2) is 30.1 Å². The Morgan fingerprint density at radius 3 is 2.60 bits per heavy atom. The summed E-state index contributed by atoms with van der Waals surface area (Å²) in [4.78, 5) is 24.0. The number of fused-ring (bicyclic) bond motifs is 1. The fraction of sp³-hybridized carbons (Fsp3) is 0.263. The smallest absolute Gasteiger partial charge is 0.313 e. The van der Waals surface area contributed by atoms with Crippen LogP contribution in [0.15, 0.2) is 48.5 Å². The maximum absolute atomic E-state index is 12.0. The van der Waals surface area contributed by atoms with E-state index in [1.165, 1.54) is 0 Å². The summed E-state index contributed by atoms with van der Waals surface area (Å²) >= 11 is 0. The number of carbonyl (C=O) groups is 2. The number of anilines is 1. The van der Waals surface area contributed by atoms with Gasteiger partial charge in [-0.3, -0.25) is 9.59 Å². The van der Waals surface area contributed by atoms with Gasteiger partial charge in [0, 0.05) is 17.7 Å². The molecule has 0 bridgehead atoms. The number of aryl methyl sites for hydroxylation is 1. The molecule has 0 aromatic heterocycles. The molecule has 0 radical (unpaired) electrons. The second-order valence-corrected chi connectivity index (χ2v) is 6.13. The average molecular weight is 340 g/mol. The van der Waals surface area contributed by atoms with E-state index in [0.29, 0.717) is 30.0 Å². The number of para-hydroxylation sites is 1. The molecule has 0 fully saturated rings.